The van der Waals surface area contributed by atoms with Crippen LogP contribution in [-0.2, 0) is 5.41 Å². The molecule has 1 aromatic rings. The molecule has 1 saturated heterocycles. The van der Waals surface area contributed by atoms with Crippen LogP contribution in [0.15, 0.2) is 0 Å². The highest BCUT2D eigenvalue weighted by molar-refractivity contribution is 7.12. The lowest BCUT2D eigenvalue weighted by Crippen LogP contribution is -2.21. The zero-order chi connectivity index (χ0) is 13.3. The van der Waals surface area contributed by atoms with Crippen LogP contribution in [0.25, 0.3) is 0 Å². The molecular weight excluding hydrogens is 242 g/mol. The van der Waals surface area contributed by atoms with Gasteiger partial charge in [0.25, 0.3) is 0 Å². The number of thiazole rings is 1. The third-order valence-electron chi connectivity index (χ3n) is 3.94. The topological polar surface area (TPSA) is 42.2 Å². The molecule has 0 bridgehead atoms. The van der Waals surface area contributed by atoms with E-state index in [1.165, 1.54) is 28.5 Å². The van der Waals surface area contributed by atoms with Crippen molar-refractivity contribution in [3.8, 4) is 0 Å². The fourth-order valence-electron chi connectivity index (χ4n) is 2.83. The molecule has 1 aliphatic rings. The second-order valence-corrected chi connectivity index (χ2v) is 7.17. The Kier molecular flexibility index (Phi) is 4.09. The second-order valence-electron chi connectivity index (χ2n) is 6.14. The van der Waals surface area contributed by atoms with Crippen LogP contribution in [0, 0.1) is 6.92 Å². The highest BCUT2D eigenvalue weighted by atomic mass is 32.1. The lowest BCUT2D eigenvalue weighted by molar-refractivity contribution is 0.411. The van der Waals surface area contributed by atoms with Crippen molar-refractivity contribution in [2.24, 2.45) is 5.73 Å². The van der Waals surface area contributed by atoms with Gasteiger partial charge >= 0.3 is 0 Å². The summed E-state index contributed by atoms with van der Waals surface area (Å²) >= 11 is 1.91. The van der Waals surface area contributed by atoms with Crippen LogP contribution in [-0.4, -0.2) is 36.6 Å². The number of hydrogen-bond acceptors (Lipinski definition) is 4. The first-order chi connectivity index (χ1) is 8.44. The summed E-state index contributed by atoms with van der Waals surface area (Å²) in [5.41, 5.74) is 7.10. The molecule has 1 aliphatic heterocycles. The lowest BCUT2D eigenvalue weighted by Gasteiger charge is -2.22. The predicted octanol–water partition coefficient (Wildman–Crippen LogP) is 2.50. The van der Waals surface area contributed by atoms with Gasteiger partial charge in [0.1, 0.15) is 0 Å². The molecule has 4 heteroatoms. The molecule has 2 heterocycles. The quantitative estimate of drug-likeness (QED) is 0.911. The molecule has 2 rings (SSSR count). The first kappa shape index (κ1) is 14.0. The van der Waals surface area contributed by atoms with Crippen molar-refractivity contribution in [1.29, 1.82) is 0 Å². The molecule has 1 fully saturated rings. The van der Waals surface area contributed by atoms with Crippen molar-refractivity contribution in [2.45, 2.75) is 44.9 Å². The van der Waals surface area contributed by atoms with E-state index in [1.54, 1.807) is 0 Å². The third-order valence-corrected chi connectivity index (χ3v) is 5.62. The van der Waals surface area contributed by atoms with Crippen molar-refractivity contribution in [2.75, 3.05) is 26.7 Å². The maximum absolute atomic E-state index is 5.73. The van der Waals surface area contributed by atoms with Gasteiger partial charge in [0, 0.05) is 22.8 Å². The summed E-state index contributed by atoms with van der Waals surface area (Å²) < 4.78 is 0. The number of hydrogen-bond donors (Lipinski definition) is 1. The first-order valence-electron chi connectivity index (χ1n) is 6.80. The predicted molar refractivity (Wildman–Crippen MR) is 78.4 cm³/mol. The summed E-state index contributed by atoms with van der Waals surface area (Å²) in [5.74, 6) is 0.640. The van der Waals surface area contributed by atoms with Crippen LogP contribution in [0.4, 0.5) is 0 Å². The van der Waals surface area contributed by atoms with Crippen molar-refractivity contribution in [3.05, 3.63) is 15.6 Å². The Bertz CT molecular complexity index is 411. The minimum atomic E-state index is 0.166. The Morgan fingerprint density at radius 3 is 2.78 bits per heavy atom. The van der Waals surface area contributed by atoms with Gasteiger partial charge in [-0.1, -0.05) is 13.8 Å². The Labute approximate surface area is 114 Å². The monoisotopic (exact) mass is 267 g/mol. The third kappa shape index (κ3) is 2.76. The summed E-state index contributed by atoms with van der Waals surface area (Å²) in [6, 6.07) is 0. The van der Waals surface area contributed by atoms with Gasteiger partial charge in [0.05, 0.1) is 10.7 Å². The van der Waals surface area contributed by atoms with Crippen molar-refractivity contribution >= 4 is 11.3 Å². The highest BCUT2D eigenvalue weighted by Gasteiger charge is 2.29. The van der Waals surface area contributed by atoms with Gasteiger partial charge in [0.15, 0.2) is 0 Å². The van der Waals surface area contributed by atoms with Crippen LogP contribution < -0.4 is 5.73 Å². The van der Waals surface area contributed by atoms with Crippen LogP contribution in [0.5, 0.6) is 0 Å². The summed E-state index contributed by atoms with van der Waals surface area (Å²) in [5, 5.41) is 1.33. The number of nitrogens with zero attached hydrogens (tertiary/aromatic N) is 2. The molecule has 3 nitrogen and oxygen atoms in total. The average Bonchev–Trinajstić information content (AvgIpc) is 2.84. The summed E-state index contributed by atoms with van der Waals surface area (Å²) in [4.78, 5) is 8.65. The van der Waals surface area contributed by atoms with Gasteiger partial charge in [-0.25, -0.2) is 4.98 Å². The number of rotatable bonds is 4. The average molecular weight is 267 g/mol. The molecule has 0 radical (unpaired) electrons. The molecule has 0 saturated carbocycles. The molecule has 1 aromatic heterocycles. The van der Waals surface area contributed by atoms with E-state index in [-0.39, 0.29) is 5.41 Å². The number of aryl methyl sites for hydroxylation is 1. The molecule has 18 heavy (non-hydrogen) atoms. The van der Waals surface area contributed by atoms with E-state index >= 15 is 0 Å². The molecule has 2 N–H and O–H groups in total. The van der Waals surface area contributed by atoms with Gasteiger partial charge in [0.2, 0.25) is 0 Å². The molecule has 0 amide bonds. The van der Waals surface area contributed by atoms with Gasteiger partial charge < -0.3 is 10.6 Å². The summed E-state index contributed by atoms with van der Waals surface area (Å²) in [7, 11) is 2.19. The zero-order valence-electron chi connectivity index (χ0n) is 12.0. The Morgan fingerprint density at radius 1 is 1.50 bits per heavy atom. The fraction of sp³-hybridized carbons (Fsp3) is 0.786. The molecule has 0 aromatic carbocycles. The van der Waals surface area contributed by atoms with Gasteiger partial charge in [-0.3, -0.25) is 0 Å². The first-order valence-corrected chi connectivity index (χ1v) is 7.62. The molecule has 1 atom stereocenters. The largest absolute Gasteiger partial charge is 0.330 e. The molecule has 0 aliphatic carbocycles. The van der Waals surface area contributed by atoms with E-state index in [2.05, 4.69) is 32.7 Å². The van der Waals surface area contributed by atoms with E-state index in [4.69, 9.17) is 10.7 Å². The van der Waals surface area contributed by atoms with Crippen molar-refractivity contribution < 1.29 is 0 Å². The van der Waals surface area contributed by atoms with Crippen molar-refractivity contribution in [3.63, 3.8) is 0 Å². The van der Waals surface area contributed by atoms with Gasteiger partial charge in [-0.15, -0.1) is 11.3 Å². The Hall–Kier alpha value is -0.450. The minimum Gasteiger partial charge on any atom is -0.330 e. The molecule has 0 spiro atoms. The highest BCUT2D eigenvalue weighted by Crippen LogP contribution is 2.38. The fourth-order valence-corrected chi connectivity index (χ4v) is 4.15. The van der Waals surface area contributed by atoms with Gasteiger partial charge in [-0.2, -0.15) is 0 Å². The van der Waals surface area contributed by atoms with E-state index in [9.17, 15) is 0 Å². The van der Waals surface area contributed by atoms with Crippen LogP contribution in [0.1, 0.15) is 48.2 Å². The van der Waals surface area contributed by atoms with Crippen molar-refractivity contribution in [1.82, 2.24) is 9.88 Å². The standard InChI is InChI=1S/C14H25N3S/c1-10-12(14(2,3)6-7-15)18-13(16-10)11-5-8-17(4)9-11/h11H,5-9,15H2,1-4H3. The molecule has 1 unspecified atom stereocenters. The van der Waals surface area contributed by atoms with E-state index in [0.717, 1.165) is 19.5 Å². The lowest BCUT2D eigenvalue weighted by atomic mass is 9.87. The molecular formula is C14H25N3S. The van der Waals surface area contributed by atoms with Crippen LogP contribution in [0.2, 0.25) is 0 Å². The Morgan fingerprint density at radius 2 is 2.22 bits per heavy atom. The van der Waals surface area contributed by atoms with E-state index in [1.807, 2.05) is 11.3 Å². The van der Waals surface area contributed by atoms with Crippen LogP contribution >= 0.6 is 11.3 Å². The summed E-state index contributed by atoms with van der Waals surface area (Å²) in [6.07, 6.45) is 2.28. The normalized spacial score (nSPS) is 21.7. The van der Waals surface area contributed by atoms with Gasteiger partial charge in [-0.05, 0) is 39.9 Å². The van der Waals surface area contributed by atoms with Crippen LogP contribution in [0.3, 0.4) is 0 Å². The maximum atomic E-state index is 5.73. The number of likely N-dealkylation sites (N-methyl/N-ethyl adjacent to an activating group) is 1. The minimum absolute atomic E-state index is 0.166. The Balaban J connectivity index is 2.21. The maximum Gasteiger partial charge on any atom is 0.0975 e. The zero-order valence-corrected chi connectivity index (χ0v) is 12.8. The SMILES string of the molecule is Cc1nc(C2CCN(C)C2)sc1C(C)(C)CCN. The second kappa shape index (κ2) is 5.27. The van der Waals surface area contributed by atoms with E-state index < -0.39 is 0 Å². The van der Waals surface area contributed by atoms with E-state index in [0.29, 0.717) is 5.92 Å². The smallest absolute Gasteiger partial charge is 0.0975 e. The number of likely N-dealkylation sites (tertiary alicyclic amines) is 1. The summed E-state index contributed by atoms with van der Waals surface area (Å²) in [6.45, 7) is 9.81. The molecule has 102 valence electrons. The number of aromatic nitrogens is 1. The number of nitrogens with two attached hydrogens (primary N) is 1.